The summed E-state index contributed by atoms with van der Waals surface area (Å²) in [6, 6.07) is 20.6. The van der Waals surface area contributed by atoms with E-state index in [9.17, 15) is 9.59 Å². The van der Waals surface area contributed by atoms with Crippen LogP contribution in [0.15, 0.2) is 72.8 Å². The highest BCUT2D eigenvalue weighted by molar-refractivity contribution is 6.42. The van der Waals surface area contributed by atoms with Crippen molar-refractivity contribution < 1.29 is 28.5 Å². The molecule has 0 spiro atoms. The average molecular weight is 576 g/mol. The highest BCUT2D eigenvalue weighted by Crippen LogP contribution is 2.36. The molecule has 0 N–H and O–H groups in total. The Morgan fingerprint density at radius 1 is 0.780 bits per heavy atom. The van der Waals surface area contributed by atoms with Gasteiger partial charge >= 0.3 is 11.9 Å². The summed E-state index contributed by atoms with van der Waals surface area (Å²) in [5, 5.41) is 3.86. The maximum atomic E-state index is 13.2. The molecular formula is C33H34ClNO6. The minimum Gasteiger partial charge on any atom is -0.493 e. The zero-order chi connectivity index (χ0) is 29.2. The number of fused-ring (bicyclic) bond motifs is 2. The first kappa shape index (κ1) is 29.9. The molecule has 214 valence electrons. The van der Waals surface area contributed by atoms with Gasteiger partial charge < -0.3 is 23.8 Å². The second-order valence-corrected chi connectivity index (χ2v) is 9.92. The molecule has 4 aromatic rings. The Morgan fingerprint density at radius 3 is 1.93 bits per heavy atom. The normalized spacial score (nSPS) is 11.3. The van der Waals surface area contributed by atoms with Crippen LogP contribution in [-0.2, 0) is 14.3 Å². The first-order valence-corrected chi connectivity index (χ1v) is 13.8. The third-order valence-corrected chi connectivity index (χ3v) is 7.14. The summed E-state index contributed by atoms with van der Waals surface area (Å²) in [7, 11) is 5.12. The third kappa shape index (κ3) is 7.57. The molecule has 0 unspecified atom stereocenters. The fourth-order valence-corrected chi connectivity index (χ4v) is 4.98. The number of carbonyl (C=O) groups excluding carboxylic acids is 2. The van der Waals surface area contributed by atoms with Crippen molar-refractivity contribution >= 4 is 51.2 Å². The number of benzene rings is 4. The quantitative estimate of drug-likeness (QED) is 0.0752. The van der Waals surface area contributed by atoms with Crippen LogP contribution in [0.4, 0.5) is 0 Å². The van der Waals surface area contributed by atoms with E-state index in [1.807, 2.05) is 61.6 Å². The van der Waals surface area contributed by atoms with E-state index in [2.05, 4.69) is 4.90 Å². The Kier molecular flexibility index (Phi) is 10.6. The standard InChI is InChI=1S/C33H34ClNO6/c1-35(18-8-20-40-30(36)17-15-23-14-16-28(38-2)29(22-23)39-3)19-9-21-41-33(37)31-24-10-4-6-12-26(24)32(34)27-13-7-5-11-25(27)31/h4-7,10-17,22H,8-9,18-21H2,1-3H3/b17-15+. The Hall–Kier alpha value is -4.07. The van der Waals surface area contributed by atoms with Gasteiger partial charge in [0.15, 0.2) is 11.5 Å². The highest BCUT2D eigenvalue weighted by Gasteiger charge is 2.19. The van der Waals surface area contributed by atoms with Crippen LogP contribution in [0.2, 0.25) is 5.02 Å². The lowest BCUT2D eigenvalue weighted by molar-refractivity contribution is -0.137. The maximum absolute atomic E-state index is 13.2. The van der Waals surface area contributed by atoms with E-state index < -0.39 is 5.97 Å². The predicted molar refractivity (Wildman–Crippen MR) is 163 cm³/mol. The van der Waals surface area contributed by atoms with Gasteiger partial charge in [0.05, 0.1) is 38.0 Å². The van der Waals surface area contributed by atoms with Crippen LogP contribution in [0.3, 0.4) is 0 Å². The van der Waals surface area contributed by atoms with Gasteiger partial charge in [-0.1, -0.05) is 66.2 Å². The van der Waals surface area contributed by atoms with Crippen LogP contribution in [-0.4, -0.2) is 64.4 Å². The topological polar surface area (TPSA) is 74.3 Å². The number of nitrogens with zero attached hydrogens (tertiary/aromatic N) is 1. The van der Waals surface area contributed by atoms with E-state index in [1.165, 1.54) is 6.08 Å². The summed E-state index contributed by atoms with van der Waals surface area (Å²) in [6.45, 7) is 2.09. The second-order valence-electron chi connectivity index (χ2n) is 9.54. The zero-order valence-electron chi connectivity index (χ0n) is 23.5. The van der Waals surface area contributed by atoms with Crippen LogP contribution in [0.5, 0.6) is 11.5 Å². The highest BCUT2D eigenvalue weighted by atomic mass is 35.5. The fourth-order valence-electron chi connectivity index (χ4n) is 4.65. The van der Waals surface area contributed by atoms with Gasteiger partial charge in [0.2, 0.25) is 0 Å². The van der Waals surface area contributed by atoms with Crippen molar-refractivity contribution in [2.45, 2.75) is 12.8 Å². The smallest absolute Gasteiger partial charge is 0.339 e. The number of esters is 2. The van der Waals surface area contributed by atoms with E-state index >= 15 is 0 Å². The predicted octanol–water partition coefficient (Wildman–Crippen LogP) is 6.79. The van der Waals surface area contributed by atoms with Gasteiger partial charge in [-0.05, 0) is 54.4 Å². The van der Waals surface area contributed by atoms with Crippen molar-refractivity contribution in [2.75, 3.05) is 47.6 Å². The Morgan fingerprint density at radius 2 is 1.34 bits per heavy atom. The summed E-state index contributed by atoms with van der Waals surface area (Å²) >= 11 is 6.65. The summed E-state index contributed by atoms with van der Waals surface area (Å²) in [6.07, 6.45) is 4.44. The zero-order valence-corrected chi connectivity index (χ0v) is 24.3. The first-order valence-electron chi connectivity index (χ1n) is 13.4. The lowest BCUT2D eigenvalue weighted by Crippen LogP contribution is -2.23. The molecule has 0 amide bonds. The Bertz CT molecular complexity index is 1490. The van der Waals surface area contributed by atoms with Gasteiger partial charge in [-0.15, -0.1) is 0 Å². The second kappa shape index (κ2) is 14.5. The van der Waals surface area contributed by atoms with Crippen molar-refractivity contribution in [3.8, 4) is 11.5 Å². The van der Waals surface area contributed by atoms with Crippen molar-refractivity contribution in [1.29, 1.82) is 0 Å². The molecule has 0 aromatic heterocycles. The number of halogens is 1. The van der Waals surface area contributed by atoms with Gasteiger partial charge in [0, 0.05) is 29.9 Å². The molecule has 41 heavy (non-hydrogen) atoms. The van der Waals surface area contributed by atoms with E-state index in [4.69, 9.17) is 30.5 Å². The number of ether oxygens (including phenoxy) is 4. The largest absolute Gasteiger partial charge is 0.493 e. The molecule has 4 rings (SSSR count). The van der Waals surface area contributed by atoms with Crippen LogP contribution < -0.4 is 9.47 Å². The lowest BCUT2D eigenvalue weighted by atomic mass is 9.96. The fraction of sp³-hybridized carbons (Fsp3) is 0.273. The molecule has 8 heteroatoms. The number of carbonyl (C=O) groups is 2. The molecule has 4 aromatic carbocycles. The van der Waals surface area contributed by atoms with E-state index in [0.29, 0.717) is 48.1 Å². The average Bonchev–Trinajstić information content (AvgIpc) is 3.00. The van der Waals surface area contributed by atoms with Crippen molar-refractivity contribution in [1.82, 2.24) is 4.90 Å². The summed E-state index contributed by atoms with van der Waals surface area (Å²) < 4.78 is 21.5. The monoisotopic (exact) mass is 575 g/mol. The molecule has 0 aliphatic rings. The van der Waals surface area contributed by atoms with Gasteiger partial charge in [-0.25, -0.2) is 9.59 Å². The van der Waals surface area contributed by atoms with Gasteiger partial charge in [-0.3, -0.25) is 0 Å². The van der Waals surface area contributed by atoms with Crippen molar-refractivity contribution in [3.63, 3.8) is 0 Å². The van der Waals surface area contributed by atoms with Crippen molar-refractivity contribution in [3.05, 3.63) is 89.0 Å². The molecule has 0 fully saturated rings. The number of hydrogen-bond acceptors (Lipinski definition) is 7. The van der Waals surface area contributed by atoms with E-state index in [-0.39, 0.29) is 5.97 Å². The number of rotatable bonds is 13. The molecule has 0 aliphatic heterocycles. The molecule has 0 saturated heterocycles. The summed E-state index contributed by atoms with van der Waals surface area (Å²) in [5.41, 5.74) is 1.34. The summed E-state index contributed by atoms with van der Waals surface area (Å²) in [4.78, 5) is 27.4. The van der Waals surface area contributed by atoms with Crippen LogP contribution >= 0.6 is 11.6 Å². The summed E-state index contributed by atoms with van der Waals surface area (Å²) in [5.74, 6) is 0.451. The lowest BCUT2D eigenvalue weighted by Gasteiger charge is -2.17. The van der Waals surface area contributed by atoms with Crippen molar-refractivity contribution in [2.24, 2.45) is 0 Å². The number of hydrogen-bond donors (Lipinski definition) is 0. The van der Waals surface area contributed by atoms with Crippen LogP contribution in [0.25, 0.3) is 27.6 Å². The Balaban J connectivity index is 1.19. The first-order chi connectivity index (χ1) is 19.9. The molecule has 0 saturated carbocycles. The molecule has 0 radical (unpaired) electrons. The third-order valence-electron chi connectivity index (χ3n) is 6.74. The minimum atomic E-state index is -0.406. The van der Waals surface area contributed by atoms with Crippen LogP contribution in [0.1, 0.15) is 28.8 Å². The van der Waals surface area contributed by atoms with Crippen LogP contribution in [0, 0.1) is 0 Å². The van der Waals surface area contributed by atoms with Gasteiger partial charge in [0.1, 0.15) is 0 Å². The SMILES string of the molecule is COc1ccc(/C=C/C(=O)OCCCN(C)CCCOC(=O)c2c3ccccc3c(Cl)c3ccccc23)cc1OC. The van der Waals surface area contributed by atoms with Gasteiger partial charge in [0.25, 0.3) is 0 Å². The molecular weight excluding hydrogens is 542 g/mol. The molecule has 0 heterocycles. The van der Waals surface area contributed by atoms with E-state index in [1.54, 1.807) is 32.4 Å². The Labute approximate surface area is 245 Å². The molecule has 0 bridgehead atoms. The molecule has 0 aliphatic carbocycles. The van der Waals surface area contributed by atoms with Gasteiger partial charge in [-0.2, -0.15) is 0 Å². The minimum absolute atomic E-state index is 0.296. The molecule has 7 nitrogen and oxygen atoms in total. The maximum Gasteiger partial charge on any atom is 0.339 e. The number of methoxy groups -OCH3 is 2. The molecule has 0 atom stereocenters. The van der Waals surface area contributed by atoms with E-state index in [0.717, 1.165) is 40.2 Å².